The van der Waals surface area contributed by atoms with Crippen molar-refractivity contribution in [3.05, 3.63) is 29.3 Å². The molecule has 94 valence electrons. The van der Waals surface area contributed by atoms with Crippen LogP contribution in [-0.2, 0) is 6.18 Å². The van der Waals surface area contributed by atoms with E-state index in [0.717, 1.165) is 23.9 Å². The lowest BCUT2D eigenvalue weighted by molar-refractivity contribution is -0.137. The molecule has 1 unspecified atom stereocenters. The molecule has 0 aromatic heterocycles. The van der Waals surface area contributed by atoms with Gasteiger partial charge in [-0.25, -0.2) is 0 Å². The molecular formula is C11H10BrF3OS. The third-order valence-electron chi connectivity index (χ3n) is 2.16. The van der Waals surface area contributed by atoms with Gasteiger partial charge in [-0.05, 0) is 31.4 Å². The number of alkyl halides is 4. The second-order valence-corrected chi connectivity index (χ2v) is 5.61. The fourth-order valence-electron chi connectivity index (χ4n) is 1.29. The van der Waals surface area contributed by atoms with Crippen molar-refractivity contribution in [1.29, 1.82) is 0 Å². The van der Waals surface area contributed by atoms with Gasteiger partial charge < -0.3 is 0 Å². The summed E-state index contributed by atoms with van der Waals surface area (Å²) in [6.45, 7) is 1.64. The second kappa shape index (κ2) is 5.44. The molecule has 0 radical (unpaired) electrons. The Bertz CT molecular complexity index is 429. The molecule has 1 aromatic carbocycles. The Balaban J connectivity index is 3.24. The maximum absolute atomic E-state index is 12.5. The van der Waals surface area contributed by atoms with Crippen LogP contribution in [-0.4, -0.2) is 16.9 Å². The topological polar surface area (TPSA) is 17.1 Å². The predicted octanol–water partition coefficient (Wildman–Crippen LogP) is 4.39. The van der Waals surface area contributed by atoms with Crippen LogP contribution >= 0.6 is 27.7 Å². The van der Waals surface area contributed by atoms with Crippen molar-refractivity contribution in [2.24, 2.45) is 0 Å². The van der Waals surface area contributed by atoms with Crippen LogP contribution in [0.15, 0.2) is 23.1 Å². The molecule has 1 rings (SSSR count). The minimum absolute atomic E-state index is 0.219. The molecule has 0 saturated carbocycles. The zero-order valence-electron chi connectivity index (χ0n) is 9.14. The molecule has 0 spiro atoms. The smallest absolute Gasteiger partial charge is 0.293 e. The predicted molar refractivity (Wildman–Crippen MR) is 65.9 cm³/mol. The van der Waals surface area contributed by atoms with Crippen molar-refractivity contribution >= 4 is 33.5 Å². The number of halogens is 4. The van der Waals surface area contributed by atoms with Gasteiger partial charge in [0.1, 0.15) is 0 Å². The van der Waals surface area contributed by atoms with E-state index in [1.807, 2.05) is 0 Å². The molecule has 0 aliphatic carbocycles. The van der Waals surface area contributed by atoms with Crippen LogP contribution in [0.2, 0.25) is 0 Å². The molecule has 0 bridgehead atoms. The van der Waals surface area contributed by atoms with Crippen molar-refractivity contribution in [3.63, 3.8) is 0 Å². The maximum Gasteiger partial charge on any atom is 0.416 e. The second-order valence-electron chi connectivity index (χ2n) is 3.39. The lowest BCUT2D eigenvalue weighted by atomic mass is 10.1. The van der Waals surface area contributed by atoms with Crippen LogP contribution in [0.5, 0.6) is 0 Å². The molecule has 6 heteroatoms. The number of benzene rings is 1. The Labute approximate surface area is 110 Å². The summed E-state index contributed by atoms with van der Waals surface area (Å²) in [5, 5.41) is 0. The van der Waals surface area contributed by atoms with Gasteiger partial charge in [0.15, 0.2) is 5.78 Å². The molecule has 0 aliphatic rings. The van der Waals surface area contributed by atoms with Gasteiger partial charge in [-0.1, -0.05) is 15.9 Å². The number of rotatable bonds is 3. The molecule has 0 saturated heterocycles. The van der Waals surface area contributed by atoms with Crippen molar-refractivity contribution < 1.29 is 18.0 Å². The Morgan fingerprint density at radius 3 is 2.41 bits per heavy atom. The number of carbonyl (C=O) groups excluding carboxylic acids is 1. The van der Waals surface area contributed by atoms with Gasteiger partial charge >= 0.3 is 6.18 Å². The molecule has 17 heavy (non-hydrogen) atoms. The molecular weight excluding hydrogens is 317 g/mol. The van der Waals surface area contributed by atoms with Gasteiger partial charge in [-0.3, -0.25) is 4.79 Å². The SMILES string of the molecule is CSc1cc(C(F)(F)F)ccc1C(=O)C(C)Br. The monoisotopic (exact) mass is 326 g/mol. The average molecular weight is 327 g/mol. The van der Waals surface area contributed by atoms with E-state index in [0.29, 0.717) is 10.5 Å². The number of ketones is 1. The van der Waals surface area contributed by atoms with E-state index in [9.17, 15) is 18.0 Å². The quantitative estimate of drug-likeness (QED) is 0.465. The van der Waals surface area contributed by atoms with Gasteiger partial charge in [-0.15, -0.1) is 11.8 Å². The first-order chi connectivity index (χ1) is 7.77. The average Bonchev–Trinajstić information content (AvgIpc) is 2.25. The largest absolute Gasteiger partial charge is 0.416 e. The van der Waals surface area contributed by atoms with Crippen LogP contribution in [0.1, 0.15) is 22.8 Å². The zero-order valence-corrected chi connectivity index (χ0v) is 11.5. The number of Topliss-reactive ketones (excluding diaryl/α,β-unsaturated/α-hetero) is 1. The molecule has 1 atom stereocenters. The fourth-order valence-corrected chi connectivity index (χ4v) is 2.17. The van der Waals surface area contributed by atoms with Gasteiger partial charge in [0.2, 0.25) is 0 Å². The summed E-state index contributed by atoms with van der Waals surface area (Å²) in [7, 11) is 0. The van der Waals surface area contributed by atoms with Crippen LogP contribution < -0.4 is 0 Å². The highest BCUT2D eigenvalue weighted by Gasteiger charge is 2.31. The number of thioether (sulfide) groups is 1. The Morgan fingerprint density at radius 2 is 2.00 bits per heavy atom. The van der Waals surface area contributed by atoms with E-state index in [1.165, 1.54) is 6.07 Å². The van der Waals surface area contributed by atoms with Crippen LogP contribution in [0.25, 0.3) is 0 Å². The summed E-state index contributed by atoms with van der Waals surface area (Å²) in [6.07, 6.45) is -2.74. The molecule has 0 fully saturated rings. The van der Waals surface area contributed by atoms with E-state index >= 15 is 0 Å². The van der Waals surface area contributed by atoms with E-state index in [-0.39, 0.29) is 5.78 Å². The molecule has 0 amide bonds. The van der Waals surface area contributed by atoms with E-state index in [2.05, 4.69) is 15.9 Å². The highest BCUT2D eigenvalue weighted by atomic mass is 79.9. The van der Waals surface area contributed by atoms with E-state index < -0.39 is 16.6 Å². The standard InChI is InChI=1S/C11H10BrF3OS/c1-6(12)10(16)8-4-3-7(11(13,14)15)5-9(8)17-2/h3-6H,1-2H3. The van der Waals surface area contributed by atoms with Crippen LogP contribution in [0.4, 0.5) is 13.2 Å². The van der Waals surface area contributed by atoms with Crippen molar-refractivity contribution in [3.8, 4) is 0 Å². The summed E-state index contributed by atoms with van der Waals surface area (Å²) in [5.74, 6) is -0.219. The first kappa shape index (κ1) is 14.6. The maximum atomic E-state index is 12.5. The van der Waals surface area contributed by atoms with Crippen molar-refractivity contribution in [2.45, 2.75) is 22.8 Å². The minimum Gasteiger partial charge on any atom is -0.293 e. The first-order valence-electron chi connectivity index (χ1n) is 4.71. The Kier molecular flexibility index (Phi) is 4.66. The number of hydrogen-bond donors (Lipinski definition) is 0. The molecule has 0 heterocycles. The summed E-state index contributed by atoms with van der Waals surface area (Å²) in [6, 6.07) is 3.17. The lowest BCUT2D eigenvalue weighted by Crippen LogP contribution is -2.13. The third-order valence-corrected chi connectivity index (χ3v) is 3.35. The van der Waals surface area contributed by atoms with Crippen LogP contribution in [0.3, 0.4) is 0 Å². The summed E-state index contributed by atoms with van der Waals surface area (Å²) in [4.78, 5) is 11.7. The van der Waals surface area contributed by atoms with Gasteiger partial charge in [0.05, 0.1) is 10.4 Å². The molecule has 0 N–H and O–H groups in total. The van der Waals surface area contributed by atoms with Gasteiger partial charge in [0, 0.05) is 10.5 Å². The minimum atomic E-state index is -4.38. The lowest BCUT2D eigenvalue weighted by Gasteiger charge is -2.12. The molecule has 0 aliphatic heterocycles. The highest BCUT2D eigenvalue weighted by molar-refractivity contribution is 9.10. The van der Waals surface area contributed by atoms with E-state index in [1.54, 1.807) is 13.2 Å². The van der Waals surface area contributed by atoms with Gasteiger partial charge in [0.25, 0.3) is 0 Å². The number of carbonyl (C=O) groups is 1. The van der Waals surface area contributed by atoms with E-state index in [4.69, 9.17) is 0 Å². The zero-order chi connectivity index (χ0) is 13.2. The third kappa shape index (κ3) is 3.48. The summed E-state index contributed by atoms with van der Waals surface area (Å²) in [5.41, 5.74) is -0.421. The van der Waals surface area contributed by atoms with Gasteiger partial charge in [-0.2, -0.15) is 13.2 Å². The highest BCUT2D eigenvalue weighted by Crippen LogP contribution is 2.33. The Morgan fingerprint density at radius 1 is 1.41 bits per heavy atom. The van der Waals surface area contributed by atoms with Crippen LogP contribution in [0, 0.1) is 0 Å². The summed E-state index contributed by atoms with van der Waals surface area (Å²) >= 11 is 4.25. The Hall–Kier alpha value is -0.490. The first-order valence-corrected chi connectivity index (χ1v) is 6.85. The van der Waals surface area contributed by atoms with Crippen molar-refractivity contribution in [1.82, 2.24) is 0 Å². The molecule has 1 nitrogen and oxygen atoms in total. The summed E-state index contributed by atoms with van der Waals surface area (Å²) < 4.78 is 37.5. The molecule has 1 aromatic rings. The number of hydrogen-bond acceptors (Lipinski definition) is 2. The fraction of sp³-hybridized carbons (Fsp3) is 0.364. The van der Waals surface area contributed by atoms with Crippen molar-refractivity contribution in [2.75, 3.05) is 6.26 Å². The normalized spacial score (nSPS) is 13.5.